The molecule has 0 saturated heterocycles. The Morgan fingerprint density at radius 3 is 2.33 bits per heavy atom. The van der Waals surface area contributed by atoms with Crippen LogP contribution in [0.15, 0.2) is 36.6 Å². The Hall–Kier alpha value is -1.77. The lowest BCUT2D eigenvalue weighted by atomic mass is 10.1. The van der Waals surface area contributed by atoms with Crippen LogP contribution >= 0.6 is 0 Å². The summed E-state index contributed by atoms with van der Waals surface area (Å²) in [4.78, 5) is 11.6. The van der Waals surface area contributed by atoms with Gasteiger partial charge in [-0.2, -0.15) is 0 Å². The normalized spacial score (nSPS) is 10.9. The van der Waals surface area contributed by atoms with Gasteiger partial charge in [-0.25, -0.2) is 4.79 Å². The maximum atomic E-state index is 11.6. The van der Waals surface area contributed by atoms with E-state index in [0.717, 1.165) is 12.8 Å². The summed E-state index contributed by atoms with van der Waals surface area (Å²) in [5, 5.41) is 9.14. The molecule has 0 unspecified atom stereocenters. The molecule has 0 fully saturated rings. The first-order chi connectivity index (χ1) is 10.2. The van der Waals surface area contributed by atoms with E-state index in [9.17, 15) is 4.79 Å². The van der Waals surface area contributed by atoms with Crippen LogP contribution in [0.4, 0.5) is 0 Å². The molecule has 0 aliphatic rings. The van der Waals surface area contributed by atoms with Gasteiger partial charge >= 0.3 is 5.97 Å². The van der Waals surface area contributed by atoms with Crippen molar-refractivity contribution in [1.29, 1.82) is 0 Å². The molecule has 0 aliphatic heterocycles. The Balaban J connectivity index is 2.06. The average Bonchev–Trinajstić information content (AvgIpc) is 2.49. The summed E-state index contributed by atoms with van der Waals surface area (Å²) in [5.41, 5.74) is 0.438. The minimum absolute atomic E-state index is 0.140. The zero-order valence-electron chi connectivity index (χ0n) is 12.9. The number of phenols is 1. The maximum Gasteiger partial charge on any atom is 0.342 e. The number of hydrogen-bond acceptors (Lipinski definition) is 3. The first-order valence-corrected chi connectivity index (χ1v) is 7.89. The quantitative estimate of drug-likeness (QED) is 0.366. The van der Waals surface area contributed by atoms with Crippen LogP contribution in [0.1, 0.15) is 68.6 Å². The molecular formula is C18H26O3. The summed E-state index contributed by atoms with van der Waals surface area (Å²) in [6.07, 6.45) is 13.3. The van der Waals surface area contributed by atoms with E-state index in [-0.39, 0.29) is 5.75 Å². The maximum absolute atomic E-state index is 11.6. The summed E-state index contributed by atoms with van der Waals surface area (Å²) in [5.74, 6) is -0.258. The van der Waals surface area contributed by atoms with Gasteiger partial charge in [-0.3, -0.25) is 0 Å². The Morgan fingerprint density at radius 2 is 1.67 bits per heavy atom. The Kier molecular flexibility index (Phi) is 9.01. The molecule has 0 radical (unpaired) electrons. The lowest BCUT2D eigenvalue weighted by molar-refractivity contribution is 0.0662. The van der Waals surface area contributed by atoms with Crippen molar-refractivity contribution in [2.45, 2.75) is 58.3 Å². The van der Waals surface area contributed by atoms with Gasteiger partial charge in [0, 0.05) is 0 Å². The van der Waals surface area contributed by atoms with E-state index in [1.165, 1.54) is 56.9 Å². The van der Waals surface area contributed by atoms with Gasteiger partial charge in [0.1, 0.15) is 5.75 Å². The summed E-state index contributed by atoms with van der Waals surface area (Å²) in [6, 6.07) is 6.03. The smallest absolute Gasteiger partial charge is 0.342 e. The van der Waals surface area contributed by atoms with Crippen molar-refractivity contribution in [1.82, 2.24) is 0 Å². The second-order valence-corrected chi connectivity index (χ2v) is 5.23. The molecule has 1 N–H and O–H groups in total. The van der Waals surface area contributed by atoms with E-state index in [2.05, 4.69) is 6.92 Å². The molecule has 21 heavy (non-hydrogen) atoms. The molecule has 1 rings (SSSR count). The third-order valence-electron chi connectivity index (χ3n) is 3.35. The lowest BCUT2D eigenvalue weighted by Crippen LogP contribution is -1.99. The van der Waals surface area contributed by atoms with Crippen LogP contribution in [0.5, 0.6) is 5.75 Å². The number of phenolic OH excluding ortho intramolecular Hbond substituents is 1. The van der Waals surface area contributed by atoms with Crippen molar-refractivity contribution in [3.8, 4) is 5.75 Å². The molecule has 3 nitrogen and oxygen atoms in total. The van der Waals surface area contributed by atoms with Crippen molar-refractivity contribution >= 4 is 5.97 Å². The first-order valence-electron chi connectivity index (χ1n) is 7.89. The van der Waals surface area contributed by atoms with E-state index in [0.29, 0.717) is 5.56 Å². The van der Waals surface area contributed by atoms with Crippen LogP contribution in [0.25, 0.3) is 0 Å². The van der Waals surface area contributed by atoms with Crippen LogP contribution < -0.4 is 0 Å². The van der Waals surface area contributed by atoms with Crippen molar-refractivity contribution in [3.05, 3.63) is 42.2 Å². The molecular weight excluding hydrogens is 264 g/mol. The van der Waals surface area contributed by atoms with Crippen LogP contribution in [-0.4, -0.2) is 11.1 Å². The molecule has 0 amide bonds. The van der Waals surface area contributed by atoms with E-state index in [1.54, 1.807) is 12.1 Å². The number of unbranched alkanes of at least 4 members (excludes halogenated alkanes) is 7. The van der Waals surface area contributed by atoms with E-state index in [4.69, 9.17) is 9.84 Å². The lowest BCUT2D eigenvalue weighted by Gasteiger charge is -2.00. The zero-order chi connectivity index (χ0) is 15.3. The predicted octanol–water partition coefficient (Wildman–Crippen LogP) is 5.20. The molecule has 1 aromatic rings. The third-order valence-corrected chi connectivity index (χ3v) is 3.35. The van der Waals surface area contributed by atoms with Gasteiger partial charge in [-0.15, -0.1) is 0 Å². The van der Waals surface area contributed by atoms with Gasteiger partial charge in [0.2, 0.25) is 0 Å². The molecule has 3 heteroatoms. The van der Waals surface area contributed by atoms with E-state index in [1.807, 2.05) is 6.08 Å². The number of carbonyl (C=O) groups is 1. The van der Waals surface area contributed by atoms with Crippen LogP contribution in [0.2, 0.25) is 0 Å². The van der Waals surface area contributed by atoms with Crippen molar-refractivity contribution in [3.63, 3.8) is 0 Å². The van der Waals surface area contributed by atoms with Gasteiger partial charge in [-0.05, 0) is 43.2 Å². The average molecular weight is 290 g/mol. The molecule has 1 aromatic carbocycles. The minimum Gasteiger partial charge on any atom is -0.508 e. The molecule has 0 atom stereocenters. The Bertz CT molecular complexity index is 421. The summed E-state index contributed by atoms with van der Waals surface area (Å²) in [6.45, 7) is 2.23. The van der Waals surface area contributed by atoms with E-state index >= 15 is 0 Å². The van der Waals surface area contributed by atoms with Crippen molar-refractivity contribution < 1.29 is 14.6 Å². The minimum atomic E-state index is -0.397. The highest BCUT2D eigenvalue weighted by Crippen LogP contribution is 2.11. The molecule has 116 valence electrons. The molecule has 0 heterocycles. The SMILES string of the molecule is CCCCCCCCC/C=C/OC(=O)c1ccc(O)cc1. The van der Waals surface area contributed by atoms with Gasteiger partial charge in [0.15, 0.2) is 0 Å². The van der Waals surface area contributed by atoms with Crippen LogP contribution in [-0.2, 0) is 4.74 Å². The molecule has 0 saturated carbocycles. The largest absolute Gasteiger partial charge is 0.508 e. The topological polar surface area (TPSA) is 46.5 Å². The van der Waals surface area contributed by atoms with Gasteiger partial charge < -0.3 is 9.84 Å². The molecule has 0 aromatic heterocycles. The second-order valence-electron chi connectivity index (χ2n) is 5.23. The number of carbonyl (C=O) groups excluding carboxylic acids is 1. The zero-order valence-corrected chi connectivity index (χ0v) is 12.9. The first kappa shape index (κ1) is 17.3. The van der Waals surface area contributed by atoms with E-state index < -0.39 is 5.97 Å². The van der Waals surface area contributed by atoms with Crippen molar-refractivity contribution in [2.24, 2.45) is 0 Å². The standard InChI is InChI=1S/C18H26O3/c1-2-3-4-5-6-7-8-9-10-15-21-18(20)16-11-13-17(19)14-12-16/h10-15,19H,2-9H2,1H3/b15-10+. The Morgan fingerprint density at radius 1 is 1.05 bits per heavy atom. The number of hydrogen-bond donors (Lipinski definition) is 1. The third kappa shape index (κ3) is 8.18. The number of rotatable bonds is 10. The molecule has 0 spiro atoms. The van der Waals surface area contributed by atoms with Gasteiger partial charge in [-0.1, -0.05) is 45.4 Å². The fourth-order valence-corrected chi connectivity index (χ4v) is 2.06. The monoisotopic (exact) mass is 290 g/mol. The Labute approximate surface area is 127 Å². The van der Waals surface area contributed by atoms with Gasteiger partial charge in [0.25, 0.3) is 0 Å². The number of aromatic hydroxyl groups is 1. The molecule has 0 aliphatic carbocycles. The summed E-state index contributed by atoms with van der Waals surface area (Å²) >= 11 is 0. The fraction of sp³-hybridized carbons (Fsp3) is 0.500. The van der Waals surface area contributed by atoms with Crippen LogP contribution in [0, 0.1) is 0 Å². The number of esters is 1. The highest BCUT2D eigenvalue weighted by Gasteiger charge is 2.04. The highest BCUT2D eigenvalue weighted by atomic mass is 16.5. The second kappa shape index (κ2) is 11.0. The molecule has 0 bridgehead atoms. The summed E-state index contributed by atoms with van der Waals surface area (Å²) in [7, 11) is 0. The number of allylic oxidation sites excluding steroid dienone is 1. The number of benzene rings is 1. The van der Waals surface area contributed by atoms with Gasteiger partial charge in [0.05, 0.1) is 11.8 Å². The van der Waals surface area contributed by atoms with Crippen molar-refractivity contribution in [2.75, 3.05) is 0 Å². The van der Waals surface area contributed by atoms with Crippen LogP contribution in [0.3, 0.4) is 0 Å². The fourth-order valence-electron chi connectivity index (χ4n) is 2.06. The predicted molar refractivity (Wildman–Crippen MR) is 85.3 cm³/mol. The summed E-state index contributed by atoms with van der Waals surface area (Å²) < 4.78 is 5.03. The highest BCUT2D eigenvalue weighted by molar-refractivity contribution is 5.89. The number of ether oxygens (including phenoxy) is 1.